The number of carboxylic acids is 1. The van der Waals surface area contributed by atoms with Crippen LogP contribution in [0.5, 0.6) is 0 Å². The van der Waals surface area contributed by atoms with Gasteiger partial charge in [-0.3, -0.25) is 0 Å². The van der Waals surface area contributed by atoms with E-state index in [-0.39, 0.29) is 11.6 Å². The van der Waals surface area contributed by atoms with E-state index < -0.39 is 23.7 Å². The third-order valence-electron chi connectivity index (χ3n) is 2.29. The average molecular weight is 335 g/mol. The van der Waals surface area contributed by atoms with E-state index in [4.69, 9.17) is 27.9 Å². The van der Waals surface area contributed by atoms with Crippen molar-refractivity contribution in [2.75, 3.05) is 0 Å². The zero-order valence-corrected chi connectivity index (χ0v) is 13.3. The standard InChI is InChI=1S/C13H16Cl2N2O4/c1-13(2,3)21-12(20)17-9(11(18)19)5-7-4-8(14)6-16-10(7)15/h4,6,9H,5H2,1-3H3,(H,17,20)(H,18,19). The van der Waals surface area contributed by atoms with Gasteiger partial charge in [0.05, 0.1) is 5.02 Å². The second kappa shape index (κ2) is 6.95. The summed E-state index contributed by atoms with van der Waals surface area (Å²) in [6.45, 7) is 5.04. The lowest BCUT2D eigenvalue weighted by Crippen LogP contribution is -2.44. The first-order valence-corrected chi connectivity index (χ1v) is 6.86. The molecule has 0 aliphatic heterocycles. The van der Waals surface area contributed by atoms with E-state index in [0.29, 0.717) is 10.6 Å². The highest BCUT2D eigenvalue weighted by molar-refractivity contribution is 6.32. The number of carbonyl (C=O) groups is 2. The Labute approximate surface area is 132 Å². The van der Waals surface area contributed by atoms with Crippen molar-refractivity contribution in [1.82, 2.24) is 10.3 Å². The lowest BCUT2D eigenvalue weighted by molar-refractivity contribution is -0.139. The Bertz CT molecular complexity index is 543. The van der Waals surface area contributed by atoms with Crippen LogP contribution in [-0.4, -0.2) is 33.8 Å². The third-order valence-corrected chi connectivity index (χ3v) is 2.84. The molecule has 0 saturated heterocycles. The fraction of sp³-hybridized carbons (Fsp3) is 0.462. The van der Waals surface area contributed by atoms with Crippen LogP contribution in [0.15, 0.2) is 12.3 Å². The van der Waals surface area contributed by atoms with Crippen molar-refractivity contribution in [3.63, 3.8) is 0 Å². The van der Waals surface area contributed by atoms with Crippen molar-refractivity contribution in [3.8, 4) is 0 Å². The molecule has 0 saturated carbocycles. The summed E-state index contributed by atoms with van der Waals surface area (Å²) in [5.41, 5.74) is -0.296. The minimum Gasteiger partial charge on any atom is -0.480 e. The van der Waals surface area contributed by atoms with Gasteiger partial charge in [-0.25, -0.2) is 14.6 Å². The minimum absolute atomic E-state index is 0.0546. The number of halogens is 2. The van der Waals surface area contributed by atoms with Gasteiger partial charge in [0.1, 0.15) is 16.8 Å². The Kier molecular flexibility index (Phi) is 5.80. The number of alkyl carbamates (subject to hydrolysis) is 1. The summed E-state index contributed by atoms with van der Waals surface area (Å²) >= 11 is 11.7. The van der Waals surface area contributed by atoms with Crippen molar-refractivity contribution in [1.29, 1.82) is 0 Å². The second-order valence-electron chi connectivity index (χ2n) is 5.34. The van der Waals surface area contributed by atoms with Crippen LogP contribution in [0.1, 0.15) is 26.3 Å². The Morgan fingerprint density at radius 2 is 2.05 bits per heavy atom. The number of carboxylic acid groups (broad SMARTS) is 1. The van der Waals surface area contributed by atoms with Gasteiger partial charge in [-0.2, -0.15) is 0 Å². The van der Waals surface area contributed by atoms with Crippen LogP contribution in [0.4, 0.5) is 4.79 Å². The molecule has 21 heavy (non-hydrogen) atoms. The number of amides is 1. The number of carbonyl (C=O) groups excluding carboxylic acids is 1. The van der Waals surface area contributed by atoms with Gasteiger partial charge in [0.2, 0.25) is 0 Å². The molecule has 0 aromatic carbocycles. The van der Waals surface area contributed by atoms with Gasteiger partial charge in [-0.05, 0) is 32.4 Å². The van der Waals surface area contributed by atoms with E-state index in [1.165, 1.54) is 12.3 Å². The quantitative estimate of drug-likeness (QED) is 0.826. The fourth-order valence-corrected chi connectivity index (χ4v) is 1.84. The molecule has 116 valence electrons. The number of pyridine rings is 1. The highest BCUT2D eigenvalue weighted by Crippen LogP contribution is 2.19. The third kappa shape index (κ3) is 6.18. The van der Waals surface area contributed by atoms with Crippen LogP contribution in [-0.2, 0) is 16.0 Å². The highest BCUT2D eigenvalue weighted by atomic mass is 35.5. The van der Waals surface area contributed by atoms with E-state index in [2.05, 4.69) is 10.3 Å². The van der Waals surface area contributed by atoms with Crippen LogP contribution < -0.4 is 5.32 Å². The summed E-state index contributed by atoms with van der Waals surface area (Å²) < 4.78 is 5.02. The molecule has 0 bridgehead atoms. The molecule has 8 heteroatoms. The topological polar surface area (TPSA) is 88.5 Å². The molecule has 1 atom stereocenters. The summed E-state index contributed by atoms with van der Waals surface area (Å²) in [6, 6.07) is 0.307. The molecule has 1 unspecified atom stereocenters. The van der Waals surface area contributed by atoms with Crippen LogP contribution in [0.3, 0.4) is 0 Å². The van der Waals surface area contributed by atoms with Crippen molar-refractivity contribution in [2.45, 2.75) is 38.8 Å². The number of aliphatic carboxylic acids is 1. The first-order valence-electron chi connectivity index (χ1n) is 6.11. The Balaban J connectivity index is 2.81. The van der Waals surface area contributed by atoms with Crippen LogP contribution in [0.2, 0.25) is 10.2 Å². The lowest BCUT2D eigenvalue weighted by Gasteiger charge is -2.22. The SMILES string of the molecule is CC(C)(C)OC(=O)NC(Cc1cc(Cl)cnc1Cl)C(=O)O. The van der Waals surface area contributed by atoms with Crippen molar-refractivity contribution in [3.05, 3.63) is 28.0 Å². The number of hydrogen-bond donors (Lipinski definition) is 2. The number of ether oxygens (including phenoxy) is 1. The molecule has 0 radical (unpaired) electrons. The smallest absolute Gasteiger partial charge is 0.408 e. The van der Waals surface area contributed by atoms with Gasteiger partial charge in [-0.1, -0.05) is 23.2 Å². The normalized spacial score (nSPS) is 12.6. The Morgan fingerprint density at radius 3 is 2.57 bits per heavy atom. The summed E-state index contributed by atoms with van der Waals surface area (Å²) in [6.07, 6.45) is 0.479. The lowest BCUT2D eigenvalue weighted by atomic mass is 10.1. The molecular formula is C13H16Cl2N2O4. The van der Waals surface area contributed by atoms with Crippen LogP contribution in [0.25, 0.3) is 0 Å². The Morgan fingerprint density at radius 1 is 1.43 bits per heavy atom. The van der Waals surface area contributed by atoms with E-state index in [9.17, 15) is 14.7 Å². The van der Waals surface area contributed by atoms with Crippen LogP contribution >= 0.6 is 23.2 Å². The number of nitrogens with zero attached hydrogens (tertiary/aromatic N) is 1. The summed E-state index contributed by atoms with van der Waals surface area (Å²) in [4.78, 5) is 26.7. The predicted octanol–water partition coefficient (Wildman–Crippen LogP) is 2.91. The molecule has 0 fully saturated rings. The molecule has 0 aliphatic carbocycles. The highest BCUT2D eigenvalue weighted by Gasteiger charge is 2.25. The molecule has 6 nitrogen and oxygen atoms in total. The molecular weight excluding hydrogens is 319 g/mol. The minimum atomic E-state index is -1.21. The maximum Gasteiger partial charge on any atom is 0.408 e. The van der Waals surface area contributed by atoms with Crippen LogP contribution in [0, 0.1) is 0 Å². The molecule has 0 spiro atoms. The maximum absolute atomic E-state index is 11.6. The zero-order chi connectivity index (χ0) is 16.2. The summed E-state index contributed by atoms with van der Waals surface area (Å²) in [7, 11) is 0. The average Bonchev–Trinajstić information content (AvgIpc) is 2.30. The Hall–Kier alpha value is -1.53. The summed E-state index contributed by atoms with van der Waals surface area (Å²) in [5, 5.41) is 11.9. The maximum atomic E-state index is 11.6. The van der Waals surface area contributed by atoms with E-state index >= 15 is 0 Å². The monoisotopic (exact) mass is 334 g/mol. The van der Waals surface area contributed by atoms with Gasteiger partial charge in [0, 0.05) is 12.6 Å². The molecule has 1 aromatic heterocycles. The predicted molar refractivity (Wildman–Crippen MR) is 78.8 cm³/mol. The summed E-state index contributed by atoms with van der Waals surface area (Å²) in [5.74, 6) is -1.21. The van der Waals surface area contributed by atoms with Crippen molar-refractivity contribution < 1.29 is 19.4 Å². The molecule has 0 aliphatic rings. The van der Waals surface area contributed by atoms with Gasteiger partial charge < -0.3 is 15.2 Å². The zero-order valence-electron chi connectivity index (χ0n) is 11.8. The van der Waals surface area contributed by atoms with E-state index in [1.54, 1.807) is 20.8 Å². The number of hydrogen-bond acceptors (Lipinski definition) is 4. The van der Waals surface area contributed by atoms with Crippen molar-refractivity contribution in [2.24, 2.45) is 0 Å². The first-order chi connectivity index (χ1) is 9.58. The molecule has 1 heterocycles. The fourth-order valence-electron chi connectivity index (χ4n) is 1.48. The first kappa shape index (κ1) is 17.5. The molecule has 1 amide bonds. The van der Waals surface area contributed by atoms with Crippen molar-refractivity contribution >= 4 is 35.3 Å². The second-order valence-corrected chi connectivity index (χ2v) is 6.14. The van der Waals surface area contributed by atoms with Gasteiger partial charge in [-0.15, -0.1) is 0 Å². The van der Waals surface area contributed by atoms with Gasteiger partial charge >= 0.3 is 12.1 Å². The number of aromatic nitrogens is 1. The molecule has 1 aromatic rings. The number of nitrogens with one attached hydrogen (secondary N) is 1. The van der Waals surface area contributed by atoms with Gasteiger partial charge in [0.15, 0.2) is 0 Å². The molecule has 1 rings (SSSR count). The number of rotatable bonds is 4. The van der Waals surface area contributed by atoms with E-state index in [0.717, 1.165) is 0 Å². The van der Waals surface area contributed by atoms with Gasteiger partial charge in [0.25, 0.3) is 0 Å². The molecule has 2 N–H and O–H groups in total. The largest absolute Gasteiger partial charge is 0.480 e. The van der Waals surface area contributed by atoms with E-state index in [1.807, 2.05) is 0 Å².